The summed E-state index contributed by atoms with van der Waals surface area (Å²) in [6.07, 6.45) is 8.83. The standard InChI is InChI=1S/C24H30FN5O/c1-15-21(25)9-8-17-14-20(23-26-16(2)31-29-23)24(28-22(15)17)30-12-10-19(11-13-30)27-18-6-4-3-5-7-18/h8-9,14,18-19,27H,3-7,10-13H2,1-2H3. The molecule has 1 aliphatic carbocycles. The van der Waals surface area contributed by atoms with Crippen molar-refractivity contribution >= 4 is 16.7 Å². The highest BCUT2D eigenvalue weighted by Crippen LogP contribution is 2.34. The lowest BCUT2D eigenvalue weighted by Gasteiger charge is -2.36. The molecule has 1 N–H and O–H groups in total. The number of anilines is 1. The Morgan fingerprint density at radius 1 is 1.00 bits per heavy atom. The minimum absolute atomic E-state index is 0.232. The Labute approximate surface area is 182 Å². The van der Waals surface area contributed by atoms with Crippen LogP contribution < -0.4 is 10.2 Å². The Morgan fingerprint density at radius 3 is 2.45 bits per heavy atom. The molecule has 164 valence electrons. The second kappa shape index (κ2) is 8.54. The van der Waals surface area contributed by atoms with Gasteiger partial charge in [-0.15, -0.1) is 0 Å². The molecule has 0 spiro atoms. The molecule has 7 heteroatoms. The summed E-state index contributed by atoms with van der Waals surface area (Å²) in [6, 6.07) is 6.50. The van der Waals surface area contributed by atoms with Gasteiger partial charge in [0.15, 0.2) is 0 Å². The van der Waals surface area contributed by atoms with Crippen LogP contribution in [0.3, 0.4) is 0 Å². The summed E-state index contributed by atoms with van der Waals surface area (Å²) in [5.74, 6) is 1.64. The van der Waals surface area contributed by atoms with Crippen molar-refractivity contribution in [2.45, 2.75) is 70.9 Å². The number of fused-ring (bicyclic) bond motifs is 1. The fraction of sp³-hybridized carbons (Fsp3) is 0.542. The Balaban J connectivity index is 1.43. The lowest BCUT2D eigenvalue weighted by Crippen LogP contribution is -2.47. The number of rotatable bonds is 4. The van der Waals surface area contributed by atoms with Gasteiger partial charge in [-0.05, 0) is 50.8 Å². The summed E-state index contributed by atoms with van der Waals surface area (Å²) < 4.78 is 19.5. The van der Waals surface area contributed by atoms with E-state index in [4.69, 9.17) is 9.51 Å². The van der Waals surface area contributed by atoms with Gasteiger partial charge in [0, 0.05) is 43.0 Å². The molecule has 0 amide bonds. The summed E-state index contributed by atoms with van der Waals surface area (Å²) in [5, 5.41) is 8.91. The molecule has 1 aliphatic heterocycles. The highest BCUT2D eigenvalue weighted by atomic mass is 19.1. The van der Waals surface area contributed by atoms with Crippen LogP contribution in [-0.4, -0.2) is 40.3 Å². The first-order valence-corrected chi connectivity index (χ1v) is 11.5. The summed E-state index contributed by atoms with van der Waals surface area (Å²) in [6.45, 7) is 5.38. The summed E-state index contributed by atoms with van der Waals surface area (Å²) >= 11 is 0. The third kappa shape index (κ3) is 4.15. The van der Waals surface area contributed by atoms with Crippen LogP contribution in [0.1, 0.15) is 56.4 Å². The first kappa shape index (κ1) is 20.4. The van der Waals surface area contributed by atoms with Crippen LogP contribution in [0.4, 0.5) is 10.2 Å². The minimum atomic E-state index is -0.232. The molecule has 31 heavy (non-hydrogen) atoms. The highest BCUT2D eigenvalue weighted by Gasteiger charge is 2.26. The molecule has 2 aliphatic rings. The Bertz CT molecular complexity index is 1070. The minimum Gasteiger partial charge on any atom is -0.356 e. The van der Waals surface area contributed by atoms with Crippen molar-refractivity contribution in [3.8, 4) is 11.4 Å². The number of halogens is 1. The van der Waals surface area contributed by atoms with Gasteiger partial charge in [0.2, 0.25) is 11.7 Å². The largest absolute Gasteiger partial charge is 0.356 e. The lowest BCUT2D eigenvalue weighted by atomic mass is 9.93. The van der Waals surface area contributed by atoms with Crippen LogP contribution in [-0.2, 0) is 0 Å². The summed E-state index contributed by atoms with van der Waals surface area (Å²) in [4.78, 5) is 11.7. The van der Waals surface area contributed by atoms with Crippen LogP contribution in [0.5, 0.6) is 0 Å². The maximum atomic E-state index is 14.2. The molecule has 5 rings (SSSR count). The molecule has 2 aromatic heterocycles. The second-order valence-electron chi connectivity index (χ2n) is 9.00. The van der Waals surface area contributed by atoms with Crippen LogP contribution in [0.15, 0.2) is 22.7 Å². The van der Waals surface area contributed by atoms with E-state index >= 15 is 0 Å². The fourth-order valence-corrected chi connectivity index (χ4v) is 5.02. The first-order chi connectivity index (χ1) is 15.1. The normalized spacial score (nSPS) is 18.7. The summed E-state index contributed by atoms with van der Waals surface area (Å²) in [7, 11) is 0. The molecular weight excluding hydrogens is 393 g/mol. The number of pyridine rings is 1. The predicted molar refractivity (Wildman–Crippen MR) is 120 cm³/mol. The fourth-order valence-electron chi connectivity index (χ4n) is 5.02. The Hall–Kier alpha value is -2.54. The number of benzene rings is 1. The van der Waals surface area contributed by atoms with Gasteiger partial charge >= 0.3 is 0 Å². The molecule has 3 aromatic rings. The molecule has 0 atom stereocenters. The van der Waals surface area contributed by atoms with E-state index in [2.05, 4.69) is 20.4 Å². The van der Waals surface area contributed by atoms with Gasteiger partial charge in [0.05, 0.1) is 11.1 Å². The van der Waals surface area contributed by atoms with Gasteiger partial charge in [-0.25, -0.2) is 9.37 Å². The van der Waals surface area contributed by atoms with E-state index in [0.29, 0.717) is 34.9 Å². The molecule has 1 aromatic carbocycles. The average Bonchev–Trinajstić information content (AvgIpc) is 3.23. The number of aryl methyl sites for hydroxylation is 2. The van der Waals surface area contributed by atoms with Crippen LogP contribution in [0.2, 0.25) is 0 Å². The van der Waals surface area contributed by atoms with Gasteiger partial charge < -0.3 is 14.7 Å². The van der Waals surface area contributed by atoms with Crippen molar-refractivity contribution < 1.29 is 8.91 Å². The van der Waals surface area contributed by atoms with Crippen LogP contribution in [0.25, 0.3) is 22.3 Å². The SMILES string of the molecule is Cc1nc(-c2cc3ccc(F)c(C)c3nc2N2CCC(NC3CCCCC3)CC2)no1. The van der Waals surface area contributed by atoms with Gasteiger partial charge in [-0.1, -0.05) is 24.4 Å². The molecule has 2 fully saturated rings. The zero-order chi connectivity index (χ0) is 21.4. The molecule has 0 bridgehead atoms. The third-order valence-corrected chi connectivity index (χ3v) is 6.79. The quantitative estimate of drug-likeness (QED) is 0.642. The van der Waals surface area contributed by atoms with Gasteiger partial charge in [0.1, 0.15) is 11.6 Å². The maximum absolute atomic E-state index is 14.2. The number of hydrogen-bond acceptors (Lipinski definition) is 6. The average molecular weight is 424 g/mol. The predicted octanol–water partition coefficient (Wildman–Crippen LogP) is 4.93. The molecular formula is C24H30FN5O. The zero-order valence-electron chi connectivity index (χ0n) is 18.3. The van der Waals surface area contributed by atoms with E-state index < -0.39 is 0 Å². The van der Waals surface area contributed by atoms with Gasteiger partial charge in [0.25, 0.3) is 0 Å². The lowest BCUT2D eigenvalue weighted by molar-refractivity contribution is 0.307. The number of piperidine rings is 1. The molecule has 0 radical (unpaired) electrons. The van der Waals surface area contributed by atoms with Crippen LogP contribution >= 0.6 is 0 Å². The zero-order valence-corrected chi connectivity index (χ0v) is 18.3. The van der Waals surface area contributed by atoms with E-state index in [0.717, 1.165) is 42.7 Å². The van der Waals surface area contributed by atoms with E-state index in [-0.39, 0.29) is 5.82 Å². The molecule has 1 saturated heterocycles. The maximum Gasteiger partial charge on any atom is 0.223 e. The second-order valence-corrected chi connectivity index (χ2v) is 9.00. The van der Waals surface area contributed by atoms with E-state index in [9.17, 15) is 4.39 Å². The molecule has 1 saturated carbocycles. The topological polar surface area (TPSA) is 67.1 Å². The number of hydrogen-bond donors (Lipinski definition) is 1. The van der Waals surface area contributed by atoms with Crippen molar-refractivity contribution in [1.29, 1.82) is 0 Å². The number of aromatic nitrogens is 3. The van der Waals surface area contributed by atoms with Crippen LogP contribution in [0, 0.1) is 19.7 Å². The third-order valence-electron chi connectivity index (χ3n) is 6.79. The van der Waals surface area contributed by atoms with E-state index in [1.165, 1.54) is 38.2 Å². The smallest absolute Gasteiger partial charge is 0.223 e. The summed E-state index contributed by atoms with van der Waals surface area (Å²) in [5.41, 5.74) is 2.11. The Morgan fingerprint density at radius 2 is 1.74 bits per heavy atom. The van der Waals surface area contributed by atoms with Crippen molar-refractivity contribution in [3.63, 3.8) is 0 Å². The van der Waals surface area contributed by atoms with E-state index in [1.54, 1.807) is 19.9 Å². The molecule has 6 nitrogen and oxygen atoms in total. The molecule has 0 unspecified atom stereocenters. The number of nitrogens with one attached hydrogen (secondary N) is 1. The van der Waals surface area contributed by atoms with Crippen molar-refractivity contribution in [2.24, 2.45) is 0 Å². The first-order valence-electron chi connectivity index (χ1n) is 11.5. The van der Waals surface area contributed by atoms with Crippen molar-refractivity contribution in [3.05, 3.63) is 35.5 Å². The van der Waals surface area contributed by atoms with Gasteiger partial charge in [-0.3, -0.25) is 0 Å². The van der Waals surface area contributed by atoms with Crippen molar-refractivity contribution in [2.75, 3.05) is 18.0 Å². The monoisotopic (exact) mass is 423 g/mol. The Kier molecular flexibility index (Phi) is 5.61. The molecule has 3 heterocycles. The van der Waals surface area contributed by atoms with E-state index in [1.807, 2.05) is 6.07 Å². The number of nitrogens with zero attached hydrogens (tertiary/aromatic N) is 4. The van der Waals surface area contributed by atoms with Gasteiger partial charge in [-0.2, -0.15) is 4.98 Å². The highest BCUT2D eigenvalue weighted by molar-refractivity contribution is 5.90. The van der Waals surface area contributed by atoms with Crippen molar-refractivity contribution in [1.82, 2.24) is 20.4 Å².